The van der Waals surface area contributed by atoms with Crippen molar-refractivity contribution >= 4 is 17.8 Å². The van der Waals surface area contributed by atoms with E-state index in [4.69, 9.17) is 5.73 Å². The maximum atomic E-state index is 12.5. The molecule has 6 heteroatoms. The summed E-state index contributed by atoms with van der Waals surface area (Å²) in [5.41, 5.74) is 5.30. The first-order valence-corrected chi connectivity index (χ1v) is 6.96. The van der Waals surface area contributed by atoms with Gasteiger partial charge in [-0.2, -0.15) is 0 Å². The zero-order valence-corrected chi connectivity index (χ0v) is 11.3. The molecule has 0 bridgehead atoms. The molecule has 2 rings (SSSR count). The van der Waals surface area contributed by atoms with E-state index in [1.54, 1.807) is 4.90 Å². The van der Waals surface area contributed by atoms with Gasteiger partial charge in [-0.15, -0.1) is 0 Å². The van der Waals surface area contributed by atoms with Gasteiger partial charge < -0.3 is 15.7 Å². The molecule has 0 saturated carbocycles. The van der Waals surface area contributed by atoms with E-state index < -0.39 is 17.8 Å². The predicted octanol–water partition coefficient (Wildman–Crippen LogP) is 0.377. The summed E-state index contributed by atoms with van der Waals surface area (Å²) in [5.74, 6) is -2.98. The van der Waals surface area contributed by atoms with Crippen molar-refractivity contribution in [3.63, 3.8) is 0 Å². The summed E-state index contributed by atoms with van der Waals surface area (Å²) in [7, 11) is 0. The van der Waals surface area contributed by atoms with Crippen LogP contribution in [0.2, 0.25) is 0 Å². The van der Waals surface area contributed by atoms with Crippen LogP contribution in [0, 0.1) is 17.8 Å². The van der Waals surface area contributed by atoms with E-state index in [9.17, 15) is 19.5 Å². The quantitative estimate of drug-likeness (QED) is 0.730. The van der Waals surface area contributed by atoms with Crippen LogP contribution in [0.25, 0.3) is 0 Å². The fourth-order valence-corrected chi connectivity index (χ4v) is 3.00. The van der Waals surface area contributed by atoms with E-state index in [2.05, 4.69) is 0 Å². The second-order valence-corrected chi connectivity index (χ2v) is 5.52. The normalized spacial score (nSPS) is 30.0. The number of likely N-dealkylation sites (tertiary alicyclic amines) is 1. The first kappa shape index (κ1) is 14.6. The van der Waals surface area contributed by atoms with Gasteiger partial charge in [0.05, 0.1) is 17.8 Å². The molecule has 0 aromatic heterocycles. The Hall–Kier alpha value is -1.85. The monoisotopic (exact) mass is 280 g/mol. The Morgan fingerprint density at radius 1 is 1.15 bits per heavy atom. The lowest BCUT2D eigenvalue weighted by Gasteiger charge is -2.35. The highest BCUT2D eigenvalue weighted by Crippen LogP contribution is 2.29. The van der Waals surface area contributed by atoms with Crippen molar-refractivity contribution in [1.29, 1.82) is 0 Å². The Labute approximate surface area is 117 Å². The first-order chi connectivity index (χ1) is 9.50. The van der Waals surface area contributed by atoms with Gasteiger partial charge in [-0.1, -0.05) is 12.2 Å². The van der Waals surface area contributed by atoms with E-state index >= 15 is 0 Å². The summed E-state index contributed by atoms with van der Waals surface area (Å²) in [6, 6.07) is 0. The molecule has 0 spiro atoms. The molecule has 20 heavy (non-hydrogen) atoms. The van der Waals surface area contributed by atoms with Gasteiger partial charge in [0.15, 0.2) is 0 Å². The van der Waals surface area contributed by atoms with Crippen molar-refractivity contribution < 1.29 is 19.5 Å². The second kappa shape index (κ2) is 6.07. The zero-order chi connectivity index (χ0) is 14.7. The largest absolute Gasteiger partial charge is 0.481 e. The van der Waals surface area contributed by atoms with Gasteiger partial charge in [-0.25, -0.2) is 0 Å². The van der Waals surface area contributed by atoms with Gasteiger partial charge in [-0.3, -0.25) is 14.4 Å². The molecule has 3 N–H and O–H groups in total. The highest BCUT2D eigenvalue weighted by atomic mass is 16.4. The molecule has 1 fully saturated rings. The number of carbonyl (C=O) groups excluding carboxylic acids is 2. The molecule has 3 atom stereocenters. The number of allylic oxidation sites excluding steroid dienone is 2. The standard InChI is InChI=1S/C14H20N2O4/c15-12(17)9-4-3-7-16(8-9)13(18)10-5-1-2-6-11(10)14(19)20/h1-2,9-11H,3-8H2,(H2,15,17)(H,19,20)/t9?,10-,11+/m1/s1. The van der Waals surface area contributed by atoms with Crippen LogP contribution in [0.4, 0.5) is 0 Å². The number of primary amides is 1. The smallest absolute Gasteiger partial charge is 0.307 e. The number of piperidine rings is 1. The van der Waals surface area contributed by atoms with Crippen LogP contribution in [0.15, 0.2) is 12.2 Å². The maximum Gasteiger partial charge on any atom is 0.307 e. The molecular weight excluding hydrogens is 260 g/mol. The lowest BCUT2D eigenvalue weighted by molar-refractivity contribution is -0.151. The Morgan fingerprint density at radius 3 is 2.40 bits per heavy atom. The molecule has 0 aromatic carbocycles. The van der Waals surface area contributed by atoms with E-state index in [1.165, 1.54) is 0 Å². The van der Waals surface area contributed by atoms with Crippen LogP contribution in [-0.4, -0.2) is 40.9 Å². The summed E-state index contributed by atoms with van der Waals surface area (Å²) in [6.07, 6.45) is 5.94. The summed E-state index contributed by atoms with van der Waals surface area (Å²) >= 11 is 0. The van der Waals surface area contributed by atoms with Crippen molar-refractivity contribution in [1.82, 2.24) is 4.90 Å². The van der Waals surface area contributed by atoms with Crippen molar-refractivity contribution in [3.8, 4) is 0 Å². The first-order valence-electron chi connectivity index (χ1n) is 6.96. The van der Waals surface area contributed by atoms with Crippen LogP contribution >= 0.6 is 0 Å². The molecule has 0 radical (unpaired) electrons. The van der Waals surface area contributed by atoms with Crippen molar-refractivity contribution in [2.75, 3.05) is 13.1 Å². The van der Waals surface area contributed by atoms with Crippen LogP contribution in [0.1, 0.15) is 25.7 Å². The van der Waals surface area contributed by atoms with Crippen molar-refractivity contribution in [2.45, 2.75) is 25.7 Å². The third-order valence-corrected chi connectivity index (χ3v) is 4.20. The van der Waals surface area contributed by atoms with Crippen LogP contribution in [0.3, 0.4) is 0 Å². The zero-order valence-electron chi connectivity index (χ0n) is 11.3. The third kappa shape index (κ3) is 3.00. The van der Waals surface area contributed by atoms with Crippen LogP contribution < -0.4 is 5.73 Å². The number of amides is 2. The van der Waals surface area contributed by atoms with Gasteiger partial charge in [0, 0.05) is 13.1 Å². The highest BCUT2D eigenvalue weighted by Gasteiger charge is 2.38. The molecule has 110 valence electrons. The molecule has 0 aromatic rings. The minimum Gasteiger partial charge on any atom is -0.481 e. The topological polar surface area (TPSA) is 101 Å². The SMILES string of the molecule is NC(=O)C1CCCN(C(=O)[C@@H]2CC=CC[C@@H]2C(=O)O)C1. The number of rotatable bonds is 3. The Balaban J connectivity index is 2.07. The van der Waals surface area contributed by atoms with Crippen molar-refractivity contribution in [2.24, 2.45) is 23.5 Å². The van der Waals surface area contributed by atoms with Gasteiger partial charge in [0.2, 0.25) is 11.8 Å². The molecular formula is C14H20N2O4. The third-order valence-electron chi connectivity index (χ3n) is 4.20. The molecule has 1 aliphatic heterocycles. The Morgan fingerprint density at radius 2 is 1.80 bits per heavy atom. The predicted molar refractivity (Wildman–Crippen MR) is 71.5 cm³/mol. The molecule has 1 heterocycles. The lowest BCUT2D eigenvalue weighted by atomic mass is 9.81. The number of hydrogen-bond acceptors (Lipinski definition) is 3. The maximum absolute atomic E-state index is 12.5. The van der Waals surface area contributed by atoms with Crippen LogP contribution in [0.5, 0.6) is 0 Å². The minimum atomic E-state index is -0.934. The number of nitrogens with zero attached hydrogens (tertiary/aromatic N) is 1. The van der Waals surface area contributed by atoms with Gasteiger partial charge >= 0.3 is 5.97 Å². The van der Waals surface area contributed by atoms with Gasteiger partial charge in [0.25, 0.3) is 0 Å². The number of carbonyl (C=O) groups is 3. The molecule has 1 saturated heterocycles. The number of aliphatic carboxylic acids is 1. The number of carboxylic acids is 1. The molecule has 1 aliphatic carbocycles. The number of carboxylic acid groups (broad SMARTS) is 1. The van der Waals surface area contributed by atoms with E-state index in [1.807, 2.05) is 12.2 Å². The van der Waals surface area contributed by atoms with Crippen molar-refractivity contribution in [3.05, 3.63) is 12.2 Å². The van der Waals surface area contributed by atoms with E-state index in [-0.39, 0.29) is 17.7 Å². The molecule has 2 aliphatic rings. The fourth-order valence-electron chi connectivity index (χ4n) is 3.00. The van der Waals surface area contributed by atoms with Crippen LogP contribution in [-0.2, 0) is 14.4 Å². The summed E-state index contributed by atoms with van der Waals surface area (Å²) < 4.78 is 0. The average Bonchev–Trinajstić information content (AvgIpc) is 2.46. The van der Waals surface area contributed by atoms with Gasteiger partial charge in [0.1, 0.15) is 0 Å². The highest BCUT2D eigenvalue weighted by molar-refractivity contribution is 5.86. The molecule has 6 nitrogen and oxygen atoms in total. The second-order valence-electron chi connectivity index (χ2n) is 5.52. The molecule has 1 unspecified atom stereocenters. The summed E-state index contributed by atoms with van der Waals surface area (Å²) in [4.78, 5) is 36.6. The minimum absolute atomic E-state index is 0.160. The summed E-state index contributed by atoms with van der Waals surface area (Å²) in [6.45, 7) is 0.899. The summed E-state index contributed by atoms with van der Waals surface area (Å²) in [5, 5.41) is 9.22. The van der Waals surface area contributed by atoms with Gasteiger partial charge in [-0.05, 0) is 25.7 Å². The Kier molecular flexibility index (Phi) is 4.42. The number of nitrogens with two attached hydrogens (primary N) is 1. The average molecular weight is 280 g/mol. The van der Waals surface area contributed by atoms with E-state index in [0.29, 0.717) is 32.4 Å². The molecule has 2 amide bonds. The lowest BCUT2D eigenvalue weighted by Crippen LogP contribution is -2.48. The Bertz CT molecular complexity index is 446. The number of hydrogen-bond donors (Lipinski definition) is 2. The fraction of sp³-hybridized carbons (Fsp3) is 0.643. The van der Waals surface area contributed by atoms with E-state index in [0.717, 1.165) is 6.42 Å².